The summed E-state index contributed by atoms with van der Waals surface area (Å²) in [5, 5.41) is 2.15. The van der Waals surface area contributed by atoms with E-state index >= 15 is 0 Å². The number of hydrogen-bond acceptors (Lipinski definition) is 0. The number of aromatic amines is 1. The van der Waals surface area contributed by atoms with E-state index in [1.807, 2.05) is 6.07 Å². The van der Waals surface area contributed by atoms with Crippen molar-refractivity contribution in [2.75, 3.05) is 0 Å². The highest BCUT2D eigenvalue weighted by Crippen LogP contribution is 2.42. The Hall–Kier alpha value is -0.950. The Morgan fingerprint density at radius 1 is 1.19 bits per heavy atom. The molecular formula is C14H16ClN. The zero-order chi connectivity index (χ0) is 11.3. The fourth-order valence-electron chi connectivity index (χ4n) is 2.91. The minimum atomic E-state index is 0.650. The molecule has 1 aromatic heterocycles. The van der Waals surface area contributed by atoms with Crippen LogP contribution in [0.4, 0.5) is 0 Å². The second-order valence-electron chi connectivity index (χ2n) is 5.02. The maximum Gasteiger partial charge on any atom is 0.0460 e. The molecule has 1 aliphatic carbocycles. The Balaban J connectivity index is 2.33. The summed E-state index contributed by atoms with van der Waals surface area (Å²) >= 11 is 6.09. The lowest BCUT2D eigenvalue weighted by molar-refractivity contribution is 0.523. The molecule has 1 N–H and O–H groups in total. The molecule has 1 heterocycles. The molecule has 0 radical (unpaired) electrons. The van der Waals surface area contributed by atoms with Crippen LogP contribution in [0.15, 0.2) is 18.2 Å². The first-order chi connectivity index (χ1) is 7.66. The fraction of sp³-hybridized carbons (Fsp3) is 0.429. The molecule has 16 heavy (non-hydrogen) atoms. The zero-order valence-electron chi connectivity index (χ0n) is 9.68. The van der Waals surface area contributed by atoms with Crippen LogP contribution >= 0.6 is 11.6 Å². The number of rotatable bonds is 0. The van der Waals surface area contributed by atoms with E-state index in [4.69, 9.17) is 11.6 Å². The molecule has 3 rings (SSSR count). The molecule has 1 nitrogen and oxygen atoms in total. The van der Waals surface area contributed by atoms with Crippen molar-refractivity contribution in [3.63, 3.8) is 0 Å². The molecule has 1 aromatic carbocycles. The molecule has 0 saturated carbocycles. The Labute approximate surface area is 101 Å². The summed E-state index contributed by atoms with van der Waals surface area (Å²) in [5.74, 6) is 1.30. The maximum atomic E-state index is 6.09. The summed E-state index contributed by atoms with van der Waals surface area (Å²) in [4.78, 5) is 3.56. The zero-order valence-corrected chi connectivity index (χ0v) is 10.4. The summed E-state index contributed by atoms with van der Waals surface area (Å²) in [7, 11) is 0. The van der Waals surface area contributed by atoms with Crippen molar-refractivity contribution in [3.8, 4) is 0 Å². The summed E-state index contributed by atoms with van der Waals surface area (Å²) in [6.07, 6.45) is 2.57. The van der Waals surface area contributed by atoms with Gasteiger partial charge in [-0.1, -0.05) is 25.4 Å². The summed E-state index contributed by atoms with van der Waals surface area (Å²) in [5.41, 5.74) is 4.15. The van der Waals surface area contributed by atoms with E-state index in [-0.39, 0.29) is 0 Å². The SMILES string of the molecule is CC1CCC(C)c2c1[nH]c1ccc(Cl)cc21. The molecule has 0 fully saturated rings. The van der Waals surface area contributed by atoms with Gasteiger partial charge in [0.25, 0.3) is 0 Å². The van der Waals surface area contributed by atoms with Crippen molar-refractivity contribution in [1.29, 1.82) is 0 Å². The smallest absolute Gasteiger partial charge is 0.0460 e. The monoisotopic (exact) mass is 233 g/mol. The minimum absolute atomic E-state index is 0.650. The number of halogens is 1. The third-order valence-electron chi connectivity index (χ3n) is 3.85. The molecular weight excluding hydrogens is 218 g/mol. The van der Waals surface area contributed by atoms with Gasteiger partial charge in [0.05, 0.1) is 0 Å². The lowest BCUT2D eigenvalue weighted by Crippen LogP contribution is -2.09. The molecule has 2 atom stereocenters. The minimum Gasteiger partial charge on any atom is -0.358 e. The molecule has 1 aliphatic rings. The van der Waals surface area contributed by atoms with E-state index < -0.39 is 0 Å². The third-order valence-corrected chi connectivity index (χ3v) is 4.08. The van der Waals surface area contributed by atoms with Crippen molar-refractivity contribution in [3.05, 3.63) is 34.5 Å². The van der Waals surface area contributed by atoms with Gasteiger partial charge in [0.2, 0.25) is 0 Å². The van der Waals surface area contributed by atoms with Crippen LogP contribution in [0.5, 0.6) is 0 Å². The van der Waals surface area contributed by atoms with Gasteiger partial charge in [-0.3, -0.25) is 0 Å². The molecule has 0 bridgehead atoms. The molecule has 2 aromatic rings. The molecule has 0 spiro atoms. The van der Waals surface area contributed by atoms with Gasteiger partial charge in [-0.15, -0.1) is 0 Å². The van der Waals surface area contributed by atoms with E-state index in [1.165, 1.54) is 35.0 Å². The van der Waals surface area contributed by atoms with Crippen molar-refractivity contribution in [2.24, 2.45) is 0 Å². The Bertz CT molecular complexity index is 541. The second kappa shape index (κ2) is 3.53. The van der Waals surface area contributed by atoms with E-state index in [1.54, 1.807) is 0 Å². The topological polar surface area (TPSA) is 15.8 Å². The van der Waals surface area contributed by atoms with Crippen LogP contribution in [-0.2, 0) is 0 Å². The van der Waals surface area contributed by atoms with Crippen LogP contribution in [0, 0.1) is 0 Å². The lowest BCUT2D eigenvalue weighted by Gasteiger charge is -2.24. The Kier molecular flexibility index (Phi) is 2.25. The van der Waals surface area contributed by atoms with Gasteiger partial charge in [0.15, 0.2) is 0 Å². The predicted molar refractivity (Wildman–Crippen MR) is 69.4 cm³/mol. The number of hydrogen-bond donors (Lipinski definition) is 1. The van der Waals surface area contributed by atoms with E-state index in [9.17, 15) is 0 Å². The van der Waals surface area contributed by atoms with Gasteiger partial charge in [0.1, 0.15) is 0 Å². The Morgan fingerprint density at radius 2 is 1.94 bits per heavy atom. The normalized spacial score (nSPS) is 24.7. The second-order valence-corrected chi connectivity index (χ2v) is 5.46. The van der Waals surface area contributed by atoms with Gasteiger partial charge in [-0.25, -0.2) is 0 Å². The highest BCUT2D eigenvalue weighted by molar-refractivity contribution is 6.31. The largest absolute Gasteiger partial charge is 0.358 e. The average molecular weight is 234 g/mol. The van der Waals surface area contributed by atoms with E-state index in [0.29, 0.717) is 11.8 Å². The first kappa shape index (κ1) is 10.2. The van der Waals surface area contributed by atoms with Gasteiger partial charge in [-0.2, -0.15) is 0 Å². The Morgan fingerprint density at radius 3 is 2.75 bits per heavy atom. The van der Waals surface area contributed by atoms with Crippen LogP contribution in [0.2, 0.25) is 5.02 Å². The number of fused-ring (bicyclic) bond motifs is 3. The average Bonchev–Trinajstić information content (AvgIpc) is 2.63. The van der Waals surface area contributed by atoms with Crippen molar-refractivity contribution in [1.82, 2.24) is 4.98 Å². The lowest BCUT2D eigenvalue weighted by atomic mass is 9.81. The standard InChI is InChI=1S/C14H16ClN/c1-8-3-4-9(2)14-13(8)11-7-10(15)5-6-12(11)16-14/h5-9,16H,3-4H2,1-2H3. The number of aromatic nitrogens is 1. The first-order valence-electron chi connectivity index (χ1n) is 5.98. The summed E-state index contributed by atoms with van der Waals surface area (Å²) in [6.45, 7) is 4.63. The van der Waals surface area contributed by atoms with Crippen LogP contribution in [-0.4, -0.2) is 4.98 Å². The van der Waals surface area contributed by atoms with Crippen molar-refractivity contribution < 1.29 is 0 Å². The fourth-order valence-corrected chi connectivity index (χ4v) is 3.09. The number of benzene rings is 1. The number of H-pyrrole nitrogens is 1. The third kappa shape index (κ3) is 1.38. The van der Waals surface area contributed by atoms with Gasteiger partial charge < -0.3 is 4.98 Å². The van der Waals surface area contributed by atoms with Crippen molar-refractivity contribution in [2.45, 2.75) is 38.5 Å². The van der Waals surface area contributed by atoms with Gasteiger partial charge in [0, 0.05) is 21.6 Å². The molecule has 0 aliphatic heterocycles. The molecule has 84 valence electrons. The van der Waals surface area contributed by atoms with E-state index in [2.05, 4.69) is 31.0 Å². The van der Waals surface area contributed by atoms with E-state index in [0.717, 1.165) is 5.02 Å². The number of nitrogens with one attached hydrogen (secondary N) is 1. The van der Waals surface area contributed by atoms with Gasteiger partial charge in [-0.05, 0) is 48.4 Å². The molecule has 0 saturated heterocycles. The highest BCUT2D eigenvalue weighted by Gasteiger charge is 2.25. The maximum absolute atomic E-state index is 6.09. The first-order valence-corrected chi connectivity index (χ1v) is 6.35. The molecule has 0 amide bonds. The van der Waals surface area contributed by atoms with Crippen LogP contribution in [0.1, 0.15) is 49.8 Å². The van der Waals surface area contributed by atoms with Crippen LogP contribution < -0.4 is 0 Å². The van der Waals surface area contributed by atoms with Gasteiger partial charge >= 0.3 is 0 Å². The summed E-state index contributed by atoms with van der Waals surface area (Å²) < 4.78 is 0. The molecule has 2 heteroatoms. The molecule has 2 unspecified atom stereocenters. The quantitative estimate of drug-likeness (QED) is 0.671. The highest BCUT2D eigenvalue weighted by atomic mass is 35.5. The van der Waals surface area contributed by atoms with Crippen LogP contribution in [0.3, 0.4) is 0 Å². The van der Waals surface area contributed by atoms with Crippen LogP contribution in [0.25, 0.3) is 10.9 Å². The predicted octanol–water partition coefficient (Wildman–Crippen LogP) is 4.82. The van der Waals surface area contributed by atoms with Crippen molar-refractivity contribution >= 4 is 22.5 Å². The summed E-state index contributed by atoms with van der Waals surface area (Å²) in [6, 6.07) is 6.15.